The number of amides is 1. The fourth-order valence-electron chi connectivity index (χ4n) is 2.02. The summed E-state index contributed by atoms with van der Waals surface area (Å²) in [4.78, 5) is 11.8. The maximum absolute atomic E-state index is 11.8. The second-order valence-electron chi connectivity index (χ2n) is 5.31. The summed E-state index contributed by atoms with van der Waals surface area (Å²) in [5.74, 6) is 0.0528. The van der Waals surface area contributed by atoms with E-state index in [9.17, 15) is 4.79 Å². The summed E-state index contributed by atoms with van der Waals surface area (Å²) in [6.45, 7) is 3.23. The first kappa shape index (κ1) is 13.9. The normalized spacial score (nSPS) is 14.2. The lowest BCUT2D eigenvalue weighted by Gasteiger charge is -2.07. The van der Waals surface area contributed by atoms with Gasteiger partial charge in [-0.25, -0.2) is 0 Å². The van der Waals surface area contributed by atoms with Crippen LogP contribution < -0.4 is 10.6 Å². The molecule has 1 aliphatic rings. The summed E-state index contributed by atoms with van der Waals surface area (Å²) >= 11 is 0. The lowest BCUT2D eigenvalue weighted by atomic mass is 10.2. The van der Waals surface area contributed by atoms with Gasteiger partial charge in [-0.3, -0.25) is 4.79 Å². The third kappa shape index (κ3) is 4.93. The Morgan fingerprint density at radius 1 is 1.16 bits per heavy atom. The molecule has 1 aromatic carbocycles. The topological polar surface area (TPSA) is 41.1 Å². The quantitative estimate of drug-likeness (QED) is 0.702. The summed E-state index contributed by atoms with van der Waals surface area (Å²) in [5, 5.41) is 6.39. The van der Waals surface area contributed by atoms with Gasteiger partial charge >= 0.3 is 0 Å². The molecule has 19 heavy (non-hydrogen) atoms. The van der Waals surface area contributed by atoms with Crippen LogP contribution in [0, 0.1) is 0 Å². The van der Waals surface area contributed by atoms with Gasteiger partial charge in [0.1, 0.15) is 0 Å². The van der Waals surface area contributed by atoms with Crippen LogP contribution in [0.1, 0.15) is 55.8 Å². The molecule has 0 aromatic heterocycles. The highest BCUT2D eigenvalue weighted by molar-refractivity contribution is 5.94. The molecule has 1 saturated carbocycles. The van der Waals surface area contributed by atoms with Crippen molar-refractivity contribution in [1.29, 1.82) is 0 Å². The van der Waals surface area contributed by atoms with Crippen molar-refractivity contribution >= 4 is 11.6 Å². The second kappa shape index (κ2) is 7.17. The molecule has 0 radical (unpaired) electrons. The Balaban J connectivity index is 1.72. The summed E-state index contributed by atoms with van der Waals surface area (Å²) < 4.78 is 0. The number of carbonyl (C=O) groups is 1. The number of carbonyl (C=O) groups excluding carboxylic acids is 1. The van der Waals surface area contributed by atoms with Gasteiger partial charge in [-0.05, 0) is 43.5 Å². The molecule has 1 aliphatic carbocycles. The highest BCUT2D eigenvalue weighted by atomic mass is 16.1. The monoisotopic (exact) mass is 260 g/mol. The van der Waals surface area contributed by atoms with Crippen LogP contribution in [-0.4, -0.2) is 18.5 Å². The van der Waals surface area contributed by atoms with E-state index in [1.165, 1.54) is 25.7 Å². The van der Waals surface area contributed by atoms with E-state index in [1.54, 1.807) is 0 Å². The molecule has 2 N–H and O–H groups in total. The highest BCUT2D eigenvalue weighted by Crippen LogP contribution is 2.19. The highest BCUT2D eigenvalue weighted by Gasteiger charge is 2.23. The third-order valence-corrected chi connectivity index (χ3v) is 3.42. The molecule has 1 fully saturated rings. The maximum Gasteiger partial charge on any atom is 0.251 e. The maximum atomic E-state index is 11.8. The van der Waals surface area contributed by atoms with Gasteiger partial charge in [0.15, 0.2) is 0 Å². The summed E-state index contributed by atoms with van der Waals surface area (Å²) in [6, 6.07) is 8.19. The Hall–Kier alpha value is -1.51. The van der Waals surface area contributed by atoms with Gasteiger partial charge in [0.2, 0.25) is 0 Å². The van der Waals surface area contributed by atoms with Gasteiger partial charge in [0.05, 0.1) is 0 Å². The van der Waals surface area contributed by atoms with Crippen LogP contribution in [0.3, 0.4) is 0 Å². The van der Waals surface area contributed by atoms with E-state index in [0.29, 0.717) is 6.04 Å². The number of hydrogen-bond acceptors (Lipinski definition) is 2. The van der Waals surface area contributed by atoms with Crippen molar-refractivity contribution in [3.8, 4) is 0 Å². The molecule has 1 aromatic rings. The van der Waals surface area contributed by atoms with Crippen LogP contribution in [-0.2, 0) is 0 Å². The molecule has 0 aliphatic heterocycles. The molecular weight excluding hydrogens is 236 g/mol. The molecule has 0 spiro atoms. The standard InChI is InChI=1S/C16H24N2O/c1-2-3-4-5-12-17-14-8-6-13(7-9-14)16(19)18-15-10-11-15/h6-9,15,17H,2-5,10-12H2,1H3,(H,18,19). The molecule has 3 nitrogen and oxygen atoms in total. The van der Waals surface area contributed by atoms with E-state index in [-0.39, 0.29) is 5.91 Å². The predicted molar refractivity (Wildman–Crippen MR) is 79.6 cm³/mol. The number of unbranched alkanes of at least 4 members (excludes halogenated alkanes) is 3. The largest absolute Gasteiger partial charge is 0.385 e. The van der Waals surface area contributed by atoms with Crippen molar-refractivity contribution in [1.82, 2.24) is 5.32 Å². The molecule has 0 saturated heterocycles. The Morgan fingerprint density at radius 3 is 2.53 bits per heavy atom. The molecule has 104 valence electrons. The Morgan fingerprint density at radius 2 is 1.89 bits per heavy atom. The number of anilines is 1. The summed E-state index contributed by atoms with van der Waals surface area (Å²) in [5.41, 5.74) is 1.85. The van der Waals surface area contributed by atoms with Crippen molar-refractivity contribution in [3.63, 3.8) is 0 Å². The molecule has 0 atom stereocenters. The lowest BCUT2D eigenvalue weighted by molar-refractivity contribution is 0.0951. The average Bonchev–Trinajstić information content (AvgIpc) is 3.23. The van der Waals surface area contributed by atoms with Crippen LogP contribution in [0.2, 0.25) is 0 Å². The van der Waals surface area contributed by atoms with Crippen LogP contribution in [0.5, 0.6) is 0 Å². The van der Waals surface area contributed by atoms with Gasteiger partial charge in [-0.1, -0.05) is 26.2 Å². The zero-order valence-corrected chi connectivity index (χ0v) is 11.7. The number of hydrogen-bond donors (Lipinski definition) is 2. The number of benzene rings is 1. The number of rotatable bonds is 8. The zero-order valence-electron chi connectivity index (χ0n) is 11.7. The van der Waals surface area contributed by atoms with Gasteiger partial charge in [0, 0.05) is 23.8 Å². The van der Waals surface area contributed by atoms with E-state index in [0.717, 1.165) is 30.6 Å². The van der Waals surface area contributed by atoms with Gasteiger partial charge in [-0.15, -0.1) is 0 Å². The van der Waals surface area contributed by atoms with E-state index in [4.69, 9.17) is 0 Å². The van der Waals surface area contributed by atoms with Gasteiger partial charge in [0.25, 0.3) is 5.91 Å². The lowest BCUT2D eigenvalue weighted by Crippen LogP contribution is -2.25. The first-order valence-electron chi connectivity index (χ1n) is 7.44. The molecular formula is C16H24N2O. The minimum absolute atomic E-state index is 0.0528. The van der Waals surface area contributed by atoms with Crippen molar-refractivity contribution in [2.75, 3.05) is 11.9 Å². The summed E-state index contributed by atoms with van der Waals surface area (Å²) in [6.07, 6.45) is 7.32. The van der Waals surface area contributed by atoms with Crippen molar-refractivity contribution in [2.45, 2.75) is 51.5 Å². The Bertz CT molecular complexity index is 396. The fraction of sp³-hybridized carbons (Fsp3) is 0.562. The fourth-order valence-corrected chi connectivity index (χ4v) is 2.02. The van der Waals surface area contributed by atoms with Crippen molar-refractivity contribution in [2.24, 2.45) is 0 Å². The van der Waals surface area contributed by atoms with Crippen LogP contribution in [0.4, 0.5) is 5.69 Å². The Kier molecular flexibility index (Phi) is 5.25. The van der Waals surface area contributed by atoms with E-state index >= 15 is 0 Å². The van der Waals surface area contributed by atoms with Gasteiger partial charge < -0.3 is 10.6 Å². The van der Waals surface area contributed by atoms with Crippen LogP contribution >= 0.6 is 0 Å². The van der Waals surface area contributed by atoms with Crippen LogP contribution in [0.25, 0.3) is 0 Å². The summed E-state index contributed by atoms with van der Waals surface area (Å²) in [7, 11) is 0. The van der Waals surface area contributed by atoms with E-state index in [1.807, 2.05) is 24.3 Å². The molecule has 0 unspecified atom stereocenters. The molecule has 3 heteroatoms. The van der Waals surface area contributed by atoms with Gasteiger partial charge in [-0.2, -0.15) is 0 Å². The Labute approximate surface area is 115 Å². The zero-order chi connectivity index (χ0) is 13.5. The minimum Gasteiger partial charge on any atom is -0.385 e. The second-order valence-corrected chi connectivity index (χ2v) is 5.31. The third-order valence-electron chi connectivity index (χ3n) is 3.42. The minimum atomic E-state index is 0.0528. The first-order chi connectivity index (χ1) is 9.29. The molecule has 1 amide bonds. The van der Waals surface area contributed by atoms with E-state index in [2.05, 4.69) is 17.6 Å². The SMILES string of the molecule is CCCCCCNc1ccc(C(=O)NC2CC2)cc1. The molecule has 0 bridgehead atoms. The molecule has 0 heterocycles. The molecule has 2 rings (SSSR count). The van der Waals surface area contributed by atoms with Crippen molar-refractivity contribution in [3.05, 3.63) is 29.8 Å². The van der Waals surface area contributed by atoms with E-state index < -0.39 is 0 Å². The predicted octanol–water partition coefficient (Wildman–Crippen LogP) is 3.57. The smallest absolute Gasteiger partial charge is 0.251 e. The first-order valence-corrected chi connectivity index (χ1v) is 7.44. The average molecular weight is 260 g/mol. The van der Waals surface area contributed by atoms with Crippen molar-refractivity contribution < 1.29 is 4.79 Å². The van der Waals surface area contributed by atoms with Crippen LogP contribution in [0.15, 0.2) is 24.3 Å². The number of nitrogens with one attached hydrogen (secondary N) is 2.